The fraction of sp³-hybridized carbons (Fsp3) is 0.273. The van der Waals surface area contributed by atoms with Crippen LogP contribution in [0.5, 0.6) is 5.75 Å². The van der Waals surface area contributed by atoms with Crippen molar-refractivity contribution in [2.24, 2.45) is 0 Å². The summed E-state index contributed by atoms with van der Waals surface area (Å²) in [5, 5.41) is 0. The van der Waals surface area contributed by atoms with E-state index in [9.17, 15) is 19.2 Å². The summed E-state index contributed by atoms with van der Waals surface area (Å²) in [5.41, 5.74) is 1.96. The van der Waals surface area contributed by atoms with Gasteiger partial charge >= 0.3 is 5.97 Å². The van der Waals surface area contributed by atoms with Crippen LogP contribution in [0.3, 0.4) is 0 Å². The van der Waals surface area contributed by atoms with E-state index in [1.54, 1.807) is 56.3 Å². The Labute approximate surface area is 185 Å². The second-order valence-corrected chi connectivity index (χ2v) is 7.47. The third-order valence-corrected chi connectivity index (χ3v) is 4.79. The van der Waals surface area contributed by atoms with Gasteiger partial charge in [-0.3, -0.25) is 19.1 Å². The number of fused-ring (bicyclic) bond motifs is 1. The number of ketones is 1. The van der Waals surface area contributed by atoms with E-state index in [0.29, 0.717) is 28.0 Å². The minimum absolute atomic E-state index is 0.0947. The molecule has 0 saturated carbocycles. The van der Waals surface area contributed by atoms with Crippen molar-refractivity contribution in [3.8, 4) is 5.75 Å². The molecule has 162 valence electrons. The molecule has 1 aliphatic rings. The van der Waals surface area contributed by atoms with Crippen molar-refractivity contribution in [2.45, 2.75) is 26.5 Å². The van der Waals surface area contributed by atoms with Crippen molar-refractivity contribution in [2.75, 3.05) is 13.2 Å². The van der Waals surface area contributed by atoms with Crippen LogP contribution in [-0.4, -0.2) is 47.7 Å². The van der Waals surface area contributed by atoms with Crippen molar-refractivity contribution in [3.63, 3.8) is 0 Å². The number of nitrogens with zero attached hydrogens (tertiary/aromatic N) is 1. The van der Waals surface area contributed by atoms with E-state index < -0.39 is 5.97 Å². The van der Waals surface area contributed by atoms with Crippen LogP contribution in [0.15, 0.2) is 42.5 Å². The van der Waals surface area contributed by atoms with Gasteiger partial charge in [0.1, 0.15) is 5.75 Å². The highest BCUT2D eigenvalue weighted by Gasteiger charge is 2.29. The molecule has 0 spiro atoms. The van der Waals surface area contributed by atoms with E-state index in [1.807, 2.05) is 0 Å². The highest BCUT2D eigenvalue weighted by atomic mass is 32.1. The van der Waals surface area contributed by atoms with Gasteiger partial charge in [-0.1, -0.05) is 12.8 Å². The van der Waals surface area contributed by atoms with E-state index in [0.717, 1.165) is 0 Å². The summed E-state index contributed by atoms with van der Waals surface area (Å²) >= 11 is 3.74. The molecule has 31 heavy (non-hydrogen) atoms. The fourth-order valence-electron chi connectivity index (χ4n) is 3.16. The predicted molar refractivity (Wildman–Crippen MR) is 115 cm³/mol. The molecule has 0 unspecified atom stereocenters. The van der Waals surface area contributed by atoms with Crippen LogP contribution < -0.4 is 9.46 Å². The molecule has 3 rings (SSSR count). The van der Waals surface area contributed by atoms with E-state index >= 15 is 0 Å². The smallest absolute Gasteiger partial charge is 0.344 e. The minimum Gasteiger partial charge on any atom is -0.482 e. The van der Waals surface area contributed by atoms with Gasteiger partial charge in [-0.25, -0.2) is 4.79 Å². The number of hydrogen-bond donors (Lipinski definition) is 2. The third-order valence-electron chi connectivity index (χ3n) is 4.58. The van der Waals surface area contributed by atoms with Gasteiger partial charge in [-0.05, 0) is 61.9 Å². The Morgan fingerprint density at radius 3 is 2.42 bits per heavy atom. The van der Waals surface area contributed by atoms with Gasteiger partial charge in [0.25, 0.3) is 11.8 Å². The lowest BCUT2D eigenvalue weighted by Crippen LogP contribution is -2.30. The van der Waals surface area contributed by atoms with Crippen LogP contribution in [0.25, 0.3) is 0 Å². The lowest BCUT2D eigenvalue weighted by atomic mass is 10.1. The molecule has 1 heterocycles. The number of Topliss-reactive ketones (excluding diaryl/α,β-unsaturated/α-hetero) is 1. The summed E-state index contributed by atoms with van der Waals surface area (Å²) in [5.74, 6) is -0.910. The van der Waals surface area contributed by atoms with Gasteiger partial charge in [-0.15, -0.1) is 0 Å². The average molecular weight is 442 g/mol. The maximum absolute atomic E-state index is 12.6. The molecule has 1 N–H and O–H groups in total. The first-order valence-electron chi connectivity index (χ1n) is 9.60. The van der Waals surface area contributed by atoms with Crippen molar-refractivity contribution >= 4 is 36.4 Å². The van der Waals surface area contributed by atoms with Crippen LogP contribution in [0.1, 0.15) is 50.5 Å². The summed E-state index contributed by atoms with van der Waals surface area (Å²) in [6, 6.07) is 11.1. The Morgan fingerprint density at radius 1 is 1.10 bits per heavy atom. The first-order chi connectivity index (χ1) is 14.8. The number of benzene rings is 2. The number of amides is 2. The predicted octanol–water partition coefficient (Wildman–Crippen LogP) is 2.43. The van der Waals surface area contributed by atoms with Gasteiger partial charge in [-0.2, -0.15) is 0 Å². The number of carbonyl (C=O) groups is 4. The second kappa shape index (κ2) is 9.65. The Kier molecular flexibility index (Phi) is 6.96. The molecule has 2 aromatic carbocycles. The lowest BCUT2D eigenvalue weighted by Gasteiger charge is -2.14. The molecule has 0 atom stereocenters. The molecule has 0 aliphatic carbocycles. The van der Waals surface area contributed by atoms with Crippen molar-refractivity contribution in [1.82, 2.24) is 9.62 Å². The zero-order valence-corrected chi connectivity index (χ0v) is 18.0. The maximum atomic E-state index is 12.6. The molecule has 0 saturated heterocycles. The zero-order chi connectivity index (χ0) is 22.5. The van der Waals surface area contributed by atoms with Crippen LogP contribution in [0.2, 0.25) is 0 Å². The normalized spacial score (nSPS) is 12.5. The van der Waals surface area contributed by atoms with E-state index in [1.165, 1.54) is 4.90 Å². The second-order valence-electron chi connectivity index (χ2n) is 7.25. The fourth-order valence-corrected chi connectivity index (χ4v) is 3.28. The zero-order valence-electron chi connectivity index (χ0n) is 17.1. The average Bonchev–Trinajstić information content (AvgIpc) is 3.06. The maximum Gasteiger partial charge on any atom is 0.344 e. The number of hydrogen-bond acceptors (Lipinski definition) is 7. The molecular formula is C22H22N2O6S. The SMILES string of the molecule is CC(C)OC(=O)COc1ccc(C(=O)CN2Cc3cc(C(=O)NS)ccc3C2=O)cc1. The van der Waals surface area contributed by atoms with Gasteiger partial charge < -0.3 is 14.4 Å². The molecule has 2 aromatic rings. The van der Waals surface area contributed by atoms with E-state index in [4.69, 9.17) is 9.47 Å². The first kappa shape index (κ1) is 22.4. The van der Waals surface area contributed by atoms with Crippen LogP contribution in [0.4, 0.5) is 0 Å². The lowest BCUT2D eigenvalue weighted by molar-refractivity contribution is -0.149. The quantitative estimate of drug-likeness (QED) is 0.370. The molecule has 1 aliphatic heterocycles. The molecule has 0 bridgehead atoms. The highest BCUT2D eigenvalue weighted by molar-refractivity contribution is 7.78. The molecule has 0 fully saturated rings. The van der Waals surface area contributed by atoms with E-state index in [2.05, 4.69) is 17.5 Å². The van der Waals surface area contributed by atoms with Crippen LogP contribution >= 0.6 is 12.8 Å². The summed E-state index contributed by atoms with van der Waals surface area (Å²) in [7, 11) is 0. The van der Waals surface area contributed by atoms with Crippen LogP contribution in [-0.2, 0) is 16.1 Å². The topological polar surface area (TPSA) is 102 Å². The summed E-state index contributed by atoms with van der Waals surface area (Å²) in [6.45, 7) is 3.42. The number of carbonyl (C=O) groups excluding carboxylic acids is 4. The summed E-state index contributed by atoms with van der Waals surface area (Å²) < 4.78 is 12.6. The highest BCUT2D eigenvalue weighted by Crippen LogP contribution is 2.24. The minimum atomic E-state index is -0.475. The number of ether oxygens (including phenoxy) is 2. The van der Waals surface area contributed by atoms with Crippen molar-refractivity contribution in [1.29, 1.82) is 0 Å². The molecular weight excluding hydrogens is 420 g/mol. The number of rotatable bonds is 8. The molecule has 0 aromatic heterocycles. The van der Waals surface area contributed by atoms with Gasteiger partial charge in [0, 0.05) is 23.2 Å². The first-order valence-corrected chi connectivity index (χ1v) is 10.1. The monoisotopic (exact) mass is 442 g/mol. The molecule has 8 nitrogen and oxygen atoms in total. The Balaban J connectivity index is 1.59. The number of nitrogens with one attached hydrogen (secondary N) is 1. The summed E-state index contributed by atoms with van der Waals surface area (Å²) in [4.78, 5) is 49.9. The molecule has 0 radical (unpaired) electrons. The standard InChI is InChI=1S/C22H22N2O6S/c1-13(2)30-20(26)12-29-17-6-3-14(4-7-17)19(25)11-24-10-16-9-15(21(27)23-31)5-8-18(16)22(24)28/h3-9,13,31H,10-12H2,1-2H3,(H,23,27). The number of esters is 1. The van der Waals surface area contributed by atoms with Gasteiger partial charge in [0.05, 0.1) is 12.6 Å². The largest absolute Gasteiger partial charge is 0.482 e. The Hall–Kier alpha value is -3.33. The Bertz CT molecular complexity index is 1020. The summed E-state index contributed by atoms with van der Waals surface area (Å²) in [6.07, 6.45) is -0.220. The van der Waals surface area contributed by atoms with Crippen molar-refractivity contribution in [3.05, 3.63) is 64.7 Å². The molecule has 9 heteroatoms. The van der Waals surface area contributed by atoms with Gasteiger partial charge in [0.15, 0.2) is 12.4 Å². The van der Waals surface area contributed by atoms with E-state index in [-0.39, 0.29) is 43.4 Å². The van der Waals surface area contributed by atoms with Gasteiger partial charge in [0.2, 0.25) is 0 Å². The molecule has 2 amide bonds. The number of thiol groups is 1. The Morgan fingerprint density at radius 2 is 1.77 bits per heavy atom. The van der Waals surface area contributed by atoms with Crippen molar-refractivity contribution < 1.29 is 28.7 Å². The third kappa shape index (κ3) is 5.43. The van der Waals surface area contributed by atoms with Crippen LogP contribution in [0, 0.1) is 0 Å².